The fourth-order valence-electron chi connectivity index (χ4n) is 5.96. The van der Waals surface area contributed by atoms with Gasteiger partial charge in [0.15, 0.2) is 5.96 Å². The molecule has 0 aromatic carbocycles. The Balaban J connectivity index is 0.00000259. The number of hydrogen-bond acceptors (Lipinski definition) is 4. The van der Waals surface area contributed by atoms with Gasteiger partial charge >= 0.3 is 0 Å². The summed E-state index contributed by atoms with van der Waals surface area (Å²) >= 11 is 0. The van der Waals surface area contributed by atoms with E-state index < -0.39 is 0 Å². The van der Waals surface area contributed by atoms with Gasteiger partial charge in [0.2, 0.25) is 11.8 Å². The van der Waals surface area contributed by atoms with Crippen LogP contribution in [0.5, 0.6) is 0 Å². The van der Waals surface area contributed by atoms with E-state index >= 15 is 0 Å². The van der Waals surface area contributed by atoms with E-state index in [0.717, 1.165) is 24.6 Å². The average molecular weight is 566 g/mol. The van der Waals surface area contributed by atoms with Crippen LogP contribution in [0.15, 0.2) is 29.4 Å². The Kier molecular flexibility index (Phi) is 7.76. The molecule has 2 amide bonds. The van der Waals surface area contributed by atoms with Gasteiger partial charge in [-0.25, -0.2) is 4.99 Å². The molecule has 3 fully saturated rings. The maximum absolute atomic E-state index is 12.8. The number of carbonyl (C=O) groups is 2. The summed E-state index contributed by atoms with van der Waals surface area (Å²) in [5, 5.41) is 11.3. The number of aliphatic imine (C=N–C) groups is 1. The van der Waals surface area contributed by atoms with Crippen LogP contribution in [0, 0.1) is 23.7 Å². The van der Waals surface area contributed by atoms with E-state index in [2.05, 4.69) is 44.7 Å². The Labute approximate surface area is 212 Å². The number of hydrogen-bond donors (Lipinski definition) is 2. The number of nitrogens with zero attached hydrogens (tertiary/aromatic N) is 4. The summed E-state index contributed by atoms with van der Waals surface area (Å²) in [7, 11) is 0. The minimum Gasteiger partial charge on any atom is -0.357 e. The lowest BCUT2D eigenvalue weighted by Crippen LogP contribution is -2.40. The molecule has 2 heterocycles. The molecule has 8 nitrogen and oxygen atoms in total. The minimum absolute atomic E-state index is 0. The molecular formula is C24H35IN6O2. The van der Waals surface area contributed by atoms with Crippen LogP contribution in [0.3, 0.4) is 0 Å². The summed E-state index contributed by atoms with van der Waals surface area (Å²) in [5.41, 5.74) is 0.970. The van der Waals surface area contributed by atoms with Gasteiger partial charge < -0.3 is 10.6 Å². The second-order valence-electron chi connectivity index (χ2n) is 9.53. The molecule has 1 aromatic heterocycles. The lowest BCUT2D eigenvalue weighted by atomic mass is 9.85. The summed E-state index contributed by atoms with van der Waals surface area (Å²) in [6.45, 7) is 4.46. The zero-order chi connectivity index (χ0) is 22.1. The smallest absolute Gasteiger partial charge is 0.233 e. The maximum Gasteiger partial charge on any atom is 0.233 e. The number of halogens is 1. The number of amides is 2. The molecular weight excluding hydrogens is 531 g/mol. The lowest BCUT2D eigenvalue weighted by molar-refractivity contribution is -0.140. The van der Waals surface area contributed by atoms with Crippen LogP contribution < -0.4 is 10.6 Å². The Morgan fingerprint density at radius 3 is 2.48 bits per heavy atom. The topological polar surface area (TPSA) is 91.6 Å². The van der Waals surface area contributed by atoms with Crippen molar-refractivity contribution < 1.29 is 9.59 Å². The van der Waals surface area contributed by atoms with Gasteiger partial charge in [-0.05, 0) is 50.5 Å². The highest BCUT2D eigenvalue weighted by Crippen LogP contribution is 2.52. The summed E-state index contributed by atoms with van der Waals surface area (Å²) in [6, 6.07) is 2.59. The number of carbonyl (C=O) groups excluding carboxylic acids is 2. The molecule has 5 rings (SSSR count). The normalized spacial score (nSPS) is 28.5. The molecule has 0 spiro atoms. The number of imide groups is 1. The highest BCUT2D eigenvalue weighted by Gasteiger charge is 2.58. The van der Waals surface area contributed by atoms with Gasteiger partial charge in [-0.1, -0.05) is 25.0 Å². The van der Waals surface area contributed by atoms with Crippen LogP contribution in [-0.4, -0.2) is 52.1 Å². The van der Waals surface area contributed by atoms with Crippen molar-refractivity contribution in [1.82, 2.24) is 25.3 Å². The van der Waals surface area contributed by atoms with Gasteiger partial charge in [-0.3, -0.25) is 19.2 Å². The number of fused-ring (bicyclic) bond motifs is 5. The van der Waals surface area contributed by atoms with Crippen molar-refractivity contribution in [2.75, 3.05) is 19.6 Å². The fraction of sp³-hybridized carbons (Fsp3) is 0.667. The SMILES string of the molecule is CCNC(=NCc1ccn(C2CCCC2)n1)NCCCN1C(=O)C2C3C=CC(C3)C2C1=O.I. The van der Waals surface area contributed by atoms with Gasteiger partial charge in [-0.15, -0.1) is 24.0 Å². The predicted octanol–water partition coefficient (Wildman–Crippen LogP) is 2.87. The van der Waals surface area contributed by atoms with Gasteiger partial charge in [0.25, 0.3) is 0 Å². The van der Waals surface area contributed by atoms with Gasteiger partial charge in [0, 0.05) is 25.8 Å². The third kappa shape index (κ3) is 4.83. The summed E-state index contributed by atoms with van der Waals surface area (Å²) in [4.78, 5) is 31.7. The van der Waals surface area contributed by atoms with Gasteiger partial charge in [-0.2, -0.15) is 5.10 Å². The molecule has 2 saturated carbocycles. The number of nitrogens with one attached hydrogen (secondary N) is 2. The molecule has 4 atom stereocenters. The first-order valence-electron chi connectivity index (χ1n) is 12.3. The Hall–Kier alpha value is -1.91. The zero-order valence-corrected chi connectivity index (χ0v) is 21.6. The van der Waals surface area contributed by atoms with E-state index in [9.17, 15) is 9.59 Å². The zero-order valence-electron chi connectivity index (χ0n) is 19.3. The van der Waals surface area contributed by atoms with Crippen molar-refractivity contribution in [3.05, 3.63) is 30.1 Å². The molecule has 3 aliphatic carbocycles. The average Bonchev–Trinajstić information content (AvgIpc) is 3.60. The van der Waals surface area contributed by atoms with Crippen molar-refractivity contribution in [2.24, 2.45) is 28.7 Å². The first-order chi connectivity index (χ1) is 15.7. The van der Waals surface area contributed by atoms with Crippen LogP contribution in [-0.2, 0) is 16.1 Å². The standard InChI is InChI=1S/C24H34N6O2.HI/c1-2-25-24(27-15-18-10-13-30(28-18)19-6-3-4-7-19)26-11-5-12-29-22(31)20-16-8-9-17(14-16)21(20)23(29)32;/h8-10,13,16-17,19-21H,2-7,11-12,14-15H2,1H3,(H2,25,26,27);1H. The van der Waals surface area contributed by atoms with Crippen LogP contribution in [0.2, 0.25) is 0 Å². The first-order valence-corrected chi connectivity index (χ1v) is 12.3. The Morgan fingerprint density at radius 2 is 1.82 bits per heavy atom. The fourth-order valence-corrected chi connectivity index (χ4v) is 5.96. The monoisotopic (exact) mass is 566 g/mol. The molecule has 9 heteroatoms. The van der Waals surface area contributed by atoms with Gasteiger partial charge in [0.1, 0.15) is 0 Å². The quantitative estimate of drug-likeness (QED) is 0.126. The molecule has 2 N–H and O–H groups in total. The number of allylic oxidation sites excluding steroid dienone is 2. The van der Waals surface area contributed by atoms with Crippen molar-refractivity contribution in [3.8, 4) is 0 Å². The third-order valence-corrected chi connectivity index (χ3v) is 7.52. The Bertz CT molecular complexity index is 892. The van der Waals surface area contributed by atoms with Crippen molar-refractivity contribution >= 4 is 41.8 Å². The number of guanidine groups is 1. The van der Waals surface area contributed by atoms with Crippen LogP contribution in [0.25, 0.3) is 0 Å². The molecule has 1 saturated heterocycles. The predicted molar refractivity (Wildman–Crippen MR) is 137 cm³/mol. The number of likely N-dealkylation sites (tertiary alicyclic amines) is 1. The first kappa shape index (κ1) is 24.2. The number of aromatic nitrogens is 2. The summed E-state index contributed by atoms with van der Waals surface area (Å²) in [6.07, 6.45) is 13.1. The molecule has 180 valence electrons. The van der Waals surface area contributed by atoms with E-state index in [4.69, 9.17) is 5.10 Å². The van der Waals surface area contributed by atoms with Crippen molar-refractivity contribution in [3.63, 3.8) is 0 Å². The second-order valence-corrected chi connectivity index (χ2v) is 9.53. The van der Waals surface area contributed by atoms with Crippen LogP contribution in [0.4, 0.5) is 0 Å². The Morgan fingerprint density at radius 1 is 1.12 bits per heavy atom. The van der Waals surface area contributed by atoms with E-state index in [1.165, 1.54) is 30.6 Å². The van der Waals surface area contributed by atoms with Crippen molar-refractivity contribution in [1.29, 1.82) is 0 Å². The molecule has 4 unspecified atom stereocenters. The minimum atomic E-state index is -0.103. The van der Waals surface area contributed by atoms with E-state index in [1.807, 2.05) is 6.92 Å². The highest BCUT2D eigenvalue weighted by atomic mass is 127. The maximum atomic E-state index is 12.8. The van der Waals surface area contributed by atoms with Gasteiger partial charge in [0.05, 0.1) is 30.1 Å². The molecule has 33 heavy (non-hydrogen) atoms. The van der Waals surface area contributed by atoms with E-state index in [-0.39, 0.29) is 59.5 Å². The number of rotatable bonds is 8. The lowest BCUT2D eigenvalue weighted by Gasteiger charge is -2.18. The van der Waals surface area contributed by atoms with E-state index in [0.29, 0.717) is 32.1 Å². The molecule has 4 aliphatic rings. The van der Waals surface area contributed by atoms with Crippen LogP contribution >= 0.6 is 24.0 Å². The molecule has 1 aliphatic heterocycles. The highest BCUT2D eigenvalue weighted by molar-refractivity contribution is 14.0. The summed E-state index contributed by atoms with van der Waals surface area (Å²) < 4.78 is 2.10. The van der Waals surface area contributed by atoms with Crippen molar-refractivity contribution in [2.45, 2.75) is 58.0 Å². The van der Waals surface area contributed by atoms with E-state index in [1.54, 1.807) is 0 Å². The van der Waals surface area contributed by atoms with Crippen LogP contribution in [0.1, 0.15) is 57.2 Å². The second kappa shape index (κ2) is 10.6. The largest absolute Gasteiger partial charge is 0.357 e. The molecule has 1 aromatic rings. The molecule has 2 bridgehead atoms. The molecule has 0 radical (unpaired) electrons. The third-order valence-electron chi connectivity index (χ3n) is 7.52. The summed E-state index contributed by atoms with van der Waals surface area (Å²) in [5.74, 6) is 1.15.